The molecule has 26 heavy (non-hydrogen) atoms. The van der Waals surface area contributed by atoms with Crippen LogP contribution in [0.4, 0.5) is 0 Å². The zero-order valence-electron chi connectivity index (χ0n) is 15.4. The van der Waals surface area contributed by atoms with Crippen molar-refractivity contribution in [3.05, 3.63) is 23.8 Å². The lowest BCUT2D eigenvalue weighted by atomic mass is 10.2. The van der Waals surface area contributed by atoms with Crippen molar-refractivity contribution in [2.24, 2.45) is 0 Å². The topological polar surface area (TPSA) is 85.9 Å². The lowest BCUT2D eigenvalue weighted by Gasteiger charge is -2.13. The molecule has 1 rings (SSSR count). The van der Waals surface area contributed by atoms with Crippen LogP contribution in [0.25, 0.3) is 0 Å². The van der Waals surface area contributed by atoms with E-state index in [0.29, 0.717) is 24.7 Å². The summed E-state index contributed by atoms with van der Waals surface area (Å²) in [7, 11) is 2.87. The highest BCUT2D eigenvalue weighted by atomic mass is 32.1. The van der Waals surface area contributed by atoms with E-state index in [2.05, 4.69) is 22.3 Å². The number of ether oxygens (including phenoxy) is 3. The highest BCUT2D eigenvalue weighted by Gasteiger charge is 2.09. The molecule has 0 atom stereocenters. The van der Waals surface area contributed by atoms with Crippen molar-refractivity contribution in [1.29, 1.82) is 0 Å². The molecule has 8 heteroatoms. The van der Waals surface area contributed by atoms with Gasteiger partial charge < -0.3 is 24.8 Å². The number of carbonyl (C=O) groups excluding carboxylic acids is 2. The summed E-state index contributed by atoms with van der Waals surface area (Å²) >= 11 is 5.08. The molecule has 1 aromatic carbocycles. The molecule has 0 unspecified atom stereocenters. The molecule has 0 bridgehead atoms. The molecule has 2 N–H and O–H groups in total. The zero-order chi connectivity index (χ0) is 19.4. The first kappa shape index (κ1) is 21.7. The number of methoxy groups -OCH3 is 2. The summed E-state index contributed by atoms with van der Waals surface area (Å²) in [6, 6.07) is 5.61. The molecule has 0 aliphatic rings. The second kappa shape index (κ2) is 12.1. The van der Waals surface area contributed by atoms with Crippen LogP contribution >= 0.6 is 12.2 Å². The maximum atomic E-state index is 11.7. The van der Waals surface area contributed by atoms with E-state index >= 15 is 0 Å². The Hall–Kier alpha value is -2.35. The molecule has 0 aliphatic carbocycles. The van der Waals surface area contributed by atoms with E-state index in [1.807, 2.05) is 18.2 Å². The molecule has 0 saturated heterocycles. The number of amides is 1. The van der Waals surface area contributed by atoms with Crippen LogP contribution in [0.1, 0.15) is 38.2 Å². The first-order chi connectivity index (χ1) is 12.5. The molecule has 0 saturated carbocycles. The third-order valence-corrected chi connectivity index (χ3v) is 3.72. The number of carbonyl (C=O) groups is 2. The van der Waals surface area contributed by atoms with Gasteiger partial charge in [0.25, 0.3) is 0 Å². The summed E-state index contributed by atoms with van der Waals surface area (Å²) in [5, 5.41) is 5.66. The van der Waals surface area contributed by atoms with Crippen LogP contribution in [0.15, 0.2) is 18.2 Å². The van der Waals surface area contributed by atoms with Crippen LogP contribution in [0.3, 0.4) is 0 Å². The molecule has 0 heterocycles. The summed E-state index contributed by atoms with van der Waals surface area (Å²) in [6.45, 7) is 3.17. The Bertz CT molecular complexity index is 622. The first-order valence-corrected chi connectivity index (χ1v) is 8.85. The Morgan fingerprint density at radius 2 is 1.92 bits per heavy atom. The lowest BCUT2D eigenvalue weighted by Crippen LogP contribution is -2.38. The lowest BCUT2D eigenvalue weighted by molar-refractivity contribution is -0.142. The number of esters is 1. The summed E-state index contributed by atoms with van der Waals surface area (Å²) in [5.41, 5.74) is 0.927. The van der Waals surface area contributed by atoms with Gasteiger partial charge in [-0.15, -0.1) is 0 Å². The summed E-state index contributed by atoms with van der Waals surface area (Å²) in [6.07, 6.45) is 2.08. The summed E-state index contributed by atoms with van der Waals surface area (Å²) in [4.78, 5) is 22.7. The van der Waals surface area contributed by atoms with Crippen LogP contribution in [0.5, 0.6) is 11.5 Å². The van der Waals surface area contributed by atoms with Gasteiger partial charge in [-0.05, 0) is 36.3 Å². The van der Waals surface area contributed by atoms with Gasteiger partial charge in [0.1, 0.15) is 0 Å². The number of unbranched alkanes of at least 4 members (excludes halogenated alkanes) is 1. The minimum absolute atomic E-state index is 0.0155. The number of hydrogen-bond donors (Lipinski definition) is 2. The average molecular weight is 382 g/mol. The van der Waals surface area contributed by atoms with E-state index in [9.17, 15) is 9.59 Å². The van der Waals surface area contributed by atoms with E-state index in [-0.39, 0.29) is 23.9 Å². The summed E-state index contributed by atoms with van der Waals surface area (Å²) < 4.78 is 15.5. The van der Waals surface area contributed by atoms with Crippen molar-refractivity contribution in [3.63, 3.8) is 0 Å². The maximum absolute atomic E-state index is 11.7. The fraction of sp³-hybridized carbons (Fsp3) is 0.500. The summed E-state index contributed by atoms with van der Waals surface area (Å²) in [5.74, 6) is 0.564. The van der Waals surface area contributed by atoms with Crippen LogP contribution in [0, 0.1) is 0 Å². The second-order valence-corrected chi connectivity index (χ2v) is 5.90. The Kier molecular flexibility index (Phi) is 10.1. The van der Waals surface area contributed by atoms with Gasteiger partial charge in [-0.2, -0.15) is 0 Å². The van der Waals surface area contributed by atoms with Crippen molar-refractivity contribution >= 4 is 29.2 Å². The molecule has 0 fully saturated rings. The second-order valence-electron chi connectivity index (χ2n) is 5.49. The number of rotatable bonds is 10. The minimum atomic E-state index is -0.438. The predicted molar refractivity (Wildman–Crippen MR) is 102 cm³/mol. The third-order valence-electron chi connectivity index (χ3n) is 3.47. The van der Waals surface area contributed by atoms with Crippen molar-refractivity contribution in [1.82, 2.24) is 10.6 Å². The molecule has 0 aliphatic heterocycles. The van der Waals surface area contributed by atoms with Gasteiger partial charge >= 0.3 is 5.97 Å². The van der Waals surface area contributed by atoms with Crippen LogP contribution in [-0.2, 0) is 20.9 Å². The standard InChI is InChI=1S/C18H26N2O5S/c1-4-5-10-25-14-7-6-13(11-15(14)23-2)12-19-18(26)20-16(21)8-9-17(22)24-3/h6-7,11H,4-5,8-10,12H2,1-3H3,(H2,19,20,21,26). The van der Waals surface area contributed by atoms with Crippen LogP contribution in [0.2, 0.25) is 0 Å². The van der Waals surface area contributed by atoms with Crippen molar-refractivity contribution in [3.8, 4) is 11.5 Å². The molecule has 1 aromatic rings. The normalized spacial score (nSPS) is 9.96. The zero-order valence-corrected chi connectivity index (χ0v) is 16.2. The maximum Gasteiger partial charge on any atom is 0.306 e. The quantitative estimate of drug-likeness (QED) is 0.365. The Labute approximate surface area is 159 Å². The number of benzene rings is 1. The van der Waals surface area contributed by atoms with Gasteiger partial charge in [0, 0.05) is 13.0 Å². The molecular formula is C18H26N2O5S. The largest absolute Gasteiger partial charge is 0.493 e. The molecule has 0 spiro atoms. The Morgan fingerprint density at radius 3 is 2.58 bits per heavy atom. The van der Waals surface area contributed by atoms with Gasteiger partial charge in [0.05, 0.1) is 27.2 Å². The predicted octanol–water partition coefficient (Wildman–Crippen LogP) is 2.32. The first-order valence-electron chi connectivity index (χ1n) is 8.44. The highest BCUT2D eigenvalue weighted by molar-refractivity contribution is 7.80. The fourth-order valence-corrected chi connectivity index (χ4v) is 2.19. The number of hydrogen-bond acceptors (Lipinski definition) is 6. The van der Waals surface area contributed by atoms with Crippen molar-refractivity contribution < 1.29 is 23.8 Å². The fourth-order valence-electron chi connectivity index (χ4n) is 2.00. The van der Waals surface area contributed by atoms with Crippen LogP contribution in [-0.4, -0.2) is 37.8 Å². The van der Waals surface area contributed by atoms with E-state index in [4.69, 9.17) is 21.7 Å². The highest BCUT2D eigenvalue weighted by Crippen LogP contribution is 2.28. The number of thiocarbonyl (C=S) groups is 1. The molecule has 0 aromatic heterocycles. The monoisotopic (exact) mass is 382 g/mol. The molecule has 7 nitrogen and oxygen atoms in total. The number of nitrogens with one attached hydrogen (secondary N) is 2. The van der Waals surface area contributed by atoms with Gasteiger partial charge in [0.15, 0.2) is 16.6 Å². The van der Waals surface area contributed by atoms with Gasteiger partial charge in [0.2, 0.25) is 5.91 Å². The van der Waals surface area contributed by atoms with Crippen LogP contribution < -0.4 is 20.1 Å². The minimum Gasteiger partial charge on any atom is -0.493 e. The third kappa shape index (κ3) is 8.15. The van der Waals surface area contributed by atoms with Crippen molar-refractivity contribution in [2.75, 3.05) is 20.8 Å². The molecule has 0 radical (unpaired) electrons. The van der Waals surface area contributed by atoms with E-state index in [1.54, 1.807) is 7.11 Å². The average Bonchev–Trinajstić information content (AvgIpc) is 2.65. The molecule has 1 amide bonds. The Balaban J connectivity index is 2.47. The van der Waals surface area contributed by atoms with Gasteiger partial charge in [-0.1, -0.05) is 19.4 Å². The van der Waals surface area contributed by atoms with E-state index in [0.717, 1.165) is 18.4 Å². The van der Waals surface area contributed by atoms with E-state index < -0.39 is 5.97 Å². The molecule has 144 valence electrons. The Morgan fingerprint density at radius 1 is 1.15 bits per heavy atom. The SMILES string of the molecule is CCCCOc1ccc(CNC(=S)NC(=O)CCC(=O)OC)cc1OC. The smallest absolute Gasteiger partial charge is 0.306 e. The van der Waals surface area contributed by atoms with Gasteiger partial charge in [-0.3, -0.25) is 9.59 Å². The van der Waals surface area contributed by atoms with E-state index in [1.165, 1.54) is 7.11 Å². The molecular weight excluding hydrogens is 356 g/mol. The van der Waals surface area contributed by atoms with Crippen molar-refractivity contribution in [2.45, 2.75) is 39.2 Å². The van der Waals surface area contributed by atoms with Gasteiger partial charge in [-0.25, -0.2) is 0 Å².